The van der Waals surface area contributed by atoms with Gasteiger partial charge in [0.25, 0.3) is 0 Å². The number of likely N-dealkylation sites (tertiary alicyclic amines) is 1. The van der Waals surface area contributed by atoms with Gasteiger partial charge in [-0.2, -0.15) is 0 Å². The molecule has 0 aliphatic carbocycles. The number of carbonyl (C=O) groups excluding carboxylic acids is 1. The van der Waals surface area contributed by atoms with Gasteiger partial charge in [0.15, 0.2) is 9.84 Å². The Hall–Kier alpha value is -3.32. The SMILES string of the molecule is COc1ccc(S(=O)(=O)C2CCN(C(=O)NC(c3ccccc3)c3ccccc3)CC2)cc1. The van der Waals surface area contributed by atoms with Gasteiger partial charge in [-0.3, -0.25) is 0 Å². The maximum atomic E-state index is 13.1. The van der Waals surface area contributed by atoms with Crippen LogP contribution < -0.4 is 10.1 Å². The van der Waals surface area contributed by atoms with Crippen molar-refractivity contribution in [3.63, 3.8) is 0 Å². The highest BCUT2D eigenvalue weighted by atomic mass is 32.2. The first-order valence-corrected chi connectivity index (χ1v) is 12.6. The zero-order valence-corrected chi connectivity index (χ0v) is 19.4. The standard InChI is InChI=1S/C26H28N2O4S/c1-32-22-12-14-23(15-13-22)33(30,31)24-16-18-28(19-17-24)26(29)27-25(20-8-4-2-5-9-20)21-10-6-3-7-11-21/h2-15,24-25H,16-19H2,1H3,(H,27,29). The number of rotatable bonds is 6. The molecule has 2 amide bonds. The summed E-state index contributed by atoms with van der Waals surface area (Å²) in [5, 5.41) is 2.64. The third-order valence-corrected chi connectivity index (χ3v) is 8.37. The summed E-state index contributed by atoms with van der Waals surface area (Å²) in [4.78, 5) is 15.1. The molecule has 0 spiro atoms. The Balaban J connectivity index is 1.43. The van der Waals surface area contributed by atoms with Crippen molar-refractivity contribution >= 4 is 15.9 Å². The Labute approximate surface area is 195 Å². The van der Waals surface area contributed by atoms with E-state index in [4.69, 9.17) is 4.74 Å². The molecule has 3 aromatic carbocycles. The van der Waals surface area contributed by atoms with Crippen molar-refractivity contribution in [1.82, 2.24) is 10.2 Å². The van der Waals surface area contributed by atoms with Crippen molar-refractivity contribution in [2.24, 2.45) is 0 Å². The van der Waals surface area contributed by atoms with Crippen molar-refractivity contribution in [1.29, 1.82) is 0 Å². The van der Waals surface area contributed by atoms with Crippen LogP contribution >= 0.6 is 0 Å². The Morgan fingerprint density at radius 3 is 1.88 bits per heavy atom. The fourth-order valence-corrected chi connectivity index (χ4v) is 5.92. The molecule has 7 heteroatoms. The summed E-state index contributed by atoms with van der Waals surface area (Å²) in [6, 6.07) is 25.7. The molecular formula is C26H28N2O4S. The van der Waals surface area contributed by atoms with E-state index in [0.29, 0.717) is 36.6 Å². The lowest BCUT2D eigenvalue weighted by molar-refractivity contribution is 0.184. The van der Waals surface area contributed by atoms with Gasteiger partial charge in [-0.05, 0) is 48.2 Å². The van der Waals surface area contributed by atoms with Gasteiger partial charge in [-0.25, -0.2) is 13.2 Å². The molecular weight excluding hydrogens is 436 g/mol. The topological polar surface area (TPSA) is 75.7 Å². The van der Waals surface area contributed by atoms with Gasteiger partial charge < -0.3 is 15.0 Å². The zero-order valence-electron chi connectivity index (χ0n) is 18.6. The van der Waals surface area contributed by atoms with Crippen molar-refractivity contribution in [2.75, 3.05) is 20.2 Å². The van der Waals surface area contributed by atoms with Crippen LogP contribution in [-0.2, 0) is 9.84 Å². The maximum Gasteiger partial charge on any atom is 0.318 e. The van der Waals surface area contributed by atoms with Gasteiger partial charge in [0.2, 0.25) is 0 Å². The summed E-state index contributed by atoms with van der Waals surface area (Å²) >= 11 is 0. The molecule has 1 saturated heterocycles. The molecule has 0 radical (unpaired) electrons. The summed E-state index contributed by atoms with van der Waals surface area (Å²) in [6.45, 7) is 0.782. The van der Waals surface area contributed by atoms with E-state index in [2.05, 4.69) is 5.32 Å². The van der Waals surface area contributed by atoms with Gasteiger partial charge in [-0.1, -0.05) is 60.7 Å². The third-order valence-electron chi connectivity index (χ3n) is 6.09. The quantitative estimate of drug-likeness (QED) is 0.586. The molecule has 0 atom stereocenters. The number of amides is 2. The number of hydrogen-bond acceptors (Lipinski definition) is 4. The molecule has 0 unspecified atom stereocenters. The zero-order chi connectivity index (χ0) is 23.3. The number of hydrogen-bond donors (Lipinski definition) is 1. The van der Waals surface area contributed by atoms with E-state index >= 15 is 0 Å². The van der Waals surface area contributed by atoms with E-state index in [0.717, 1.165) is 11.1 Å². The first kappa shape index (κ1) is 22.9. The molecule has 4 rings (SSSR count). The number of urea groups is 1. The van der Waals surface area contributed by atoms with Crippen LogP contribution in [0.15, 0.2) is 89.8 Å². The van der Waals surface area contributed by atoms with Crippen LogP contribution in [0.25, 0.3) is 0 Å². The number of methoxy groups -OCH3 is 1. The highest BCUT2D eigenvalue weighted by Crippen LogP contribution is 2.27. The van der Waals surface area contributed by atoms with Crippen LogP contribution in [0.1, 0.15) is 30.0 Å². The average molecular weight is 465 g/mol. The third kappa shape index (κ3) is 5.20. The molecule has 1 N–H and O–H groups in total. The number of carbonyl (C=O) groups is 1. The molecule has 33 heavy (non-hydrogen) atoms. The summed E-state index contributed by atoms with van der Waals surface area (Å²) in [6.07, 6.45) is 0.812. The highest BCUT2D eigenvalue weighted by molar-refractivity contribution is 7.92. The van der Waals surface area contributed by atoms with Crippen molar-refractivity contribution < 1.29 is 17.9 Å². The van der Waals surface area contributed by atoms with Gasteiger partial charge in [0, 0.05) is 13.1 Å². The second-order valence-electron chi connectivity index (χ2n) is 8.11. The highest BCUT2D eigenvalue weighted by Gasteiger charge is 2.33. The van der Waals surface area contributed by atoms with Crippen molar-refractivity contribution in [2.45, 2.75) is 29.0 Å². The molecule has 1 heterocycles. The molecule has 0 bridgehead atoms. The van der Waals surface area contributed by atoms with E-state index < -0.39 is 15.1 Å². The number of sulfone groups is 1. The first-order valence-electron chi connectivity index (χ1n) is 11.0. The maximum absolute atomic E-state index is 13.1. The normalized spacial score (nSPS) is 14.8. The van der Waals surface area contributed by atoms with Crippen molar-refractivity contribution in [3.8, 4) is 5.75 Å². The van der Waals surface area contributed by atoms with Crippen LogP contribution in [0.3, 0.4) is 0 Å². The van der Waals surface area contributed by atoms with E-state index in [1.807, 2.05) is 60.7 Å². The van der Waals surface area contributed by atoms with Gasteiger partial charge in [0.05, 0.1) is 23.3 Å². The number of benzene rings is 3. The lowest BCUT2D eigenvalue weighted by atomic mass is 9.99. The molecule has 1 aliphatic rings. The monoisotopic (exact) mass is 464 g/mol. The number of nitrogens with zero attached hydrogens (tertiary/aromatic N) is 1. The average Bonchev–Trinajstić information content (AvgIpc) is 2.88. The largest absolute Gasteiger partial charge is 0.497 e. The molecule has 3 aromatic rings. The predicted octanol–water partition coefficient (Wildman–Crippen LogP) is 4.43. The van der Waals surface area contributed by atoms with Crippen LogP contribution in [0, 0.1) is 0 Å². The van der Waals surface area contributed by atoms with Gasteiger partial charge in [-0.15, -0.1) is 0 Å². The second-order valence-corrected chi connectivity index (χ2v) is 10.3. The molecule has 172 valence electrons. The molecule has 1 fully saturated rings. The first-order chi connectivity index (χ1) is 16.0. The predicted molar refractivity (Wildman–Crippen MR) is 128 cm³/mol. The lowest BCUT2D eigenvalue weighted by Crippen LogP contribution is -2.47. The minimum atomic E-state index is -3.46. The van der Waals surface area contributed by atoms with E-state index in [1.165, 1.54) is 0 Å². The molecule has 1 aliphatic heterocycles. The summed E-state index contributed by atoms with van der Waals surface area (Å²) in [7, 11) is -1.91. The molecule has 0 aromatic heterocycles. The minimum absolute atomic E-state index is 0.187. The second kappa shape index (κ2) is 10.1. The lowest BCUT2D eigenvalue weighted by Gasteiger charge is -2.33. The van der Waals surface area contributed by atoms with Crippen molar-refractivity contribution in [3.05, 3.63) is 96.1 Å². The van der Waals surface area contributed by atoms with Crippen LogP contribution in [-0.4, -0.2) is 44.8 Å². The number of ether oxygens (including phenoxy) is 1. The van der Waals surface area contributed by atoms with Crippen LogP contribution in [0.2, 0.25) is 0 Å². The van der Waals surface area contributed by atoms with E-state index in [1.54, 1.807) is 36.3 Å². The Morgan fingerprint density at radius 2 is 1.39 bits per heavy atom. The number of nitrogens with one attached hydrogen (secondary N) is 1. The Morgan fingerprint density at radius 1 is 0.879 bits per heavy atom. The fourth-order valence-electron chi connectivity index (χ4n) is 4.19. The summed E-state index contributed by atoms with van der Waals surface area (Å²) in [5.41, 5.74) is 1.99. The minimum Gasteiger partial charge on any atom is -0.497 e. The summed E-state index contributed by atoms with van der Waals surface area (Å²) in [5.74, 6) is 0.617. The van der Waals surface area contributed by atoms with Gasteiger partial charge in [0.1, 0.15) is 5.75 Å². The number of piperidine rings is 1. The summed E-state index contributed by atoms with van der Waals surface area (Å²) < 4.78 is 31.2. The van der Waals surface area contributed by atoms with Crippen LogP contribution in [0.4, 0.5) is 4.79 Å². The molecule has 0 saturated carbocycles. The Kier molecular flexibility index (Phi) is 6.99. The smallest absolute Gasteiger partial charge is 0.318 e. The van der Waals surface area contributed by atoms with E-state index in [-0.39, 0.29) is 12.1 Å². The van der Waals surface area contributed by atoms with Gasteiger partial charge >= 0.3 is 6.03 Å². The van der Waals surface area contributed by atoms with E-state index in [9.17, 15) is 13.2 Å². The van der Waals surface area contributed by atoms with Crippen LogP contribution in [0.5, 0.6) is 5.75 Å². The fraction of sp³-hybridized carbons (Fsp3) is 0.269. The Bertz CT molecular complexity index is 1120. The molecule has 6 nitrogen and oxygen atoms in total.